The number of methoxy groups -OCH3 is 1. The van der Waals surface area contributed by atoms with Gasteiger partial charge in [0.05, 0.1) is 20.0 Å². The largest absolute Gasteiger partial charge is 0.481 e. The molecule has 0 aliphatic rings. The van der Waals surface area contributed by atoms with Gasteiger partial charge in [0.2, 0.25) is 0 Å². The van der Waals surface area contributed by atoms with Gasteiger partial charge in [-0.2, -0.15) is 0 Å². The Bertz CT molecular complexity index is 157. The fourth-order valence-electron chi connectivity index (χ4n) is 0.613. The molecule has 0 bridgehead atoms. The maximum atomic E-state index is 10.5. The van der Waals surface area contributed by atoms with E-state index in [0.29, 0.717) is 13.1 Å². The van der Waals surface area contributed by atoms with Crippen LogP contribution < -0.4 is 5.32 Å². The minimum absolute atomic E-state index is 0.0706. The van der Waals surface area contributed by atoms with E-state index < -0.39 is 5.97 Å². The average molecular weight is 175 g/mol. The summed E-state index contributed by atoms with van der Waals surface area (Å²) in [5, 5.41) is 11.0. The third-order valence-electron chi connectivity index (χ3n) is 1.25. The predicted molar refractivity (Wildman–Crippen MR) is 41.8 cm³/mol. The molecule has 0 unspecified atom stereocenters. The maximum absolute atomic E-state index is 10.5. The molecule has 0 aromatic rings. The van der Waals surface area contributed by atoms with Gasteiger partial charge in [0.15, 0.2) is 0 Å². The highest BCUT2D eigenvalue weighted by molar-refractivity contribution is 5.69. The van der Waals surface area contributed by atoms with E-state index in [1.807, 2.05) is 0 Å². The van der Waals surface area contributed by atoms with Crippen molar-refractivity contribution in [1.29, 1.82) is 0 Å². The van der Waals surface area contributed by atoms with Crippen molar-refractivity contribution >= 4 is 11.9 Å². The summed E-state index contributed by atoms with van der Waals surface area (Å²) in [4.78, 5) is 20.6. The van der Waals surface area contributed by atoms with Crippen molar-refractivity contribution < 1.29 is 19.4 Å². The summed E-state index contributed by atoms with van der Waals surface area (Å²) in [7, 11) is 1.32. The molecule has 0 radical (unpaired) electrons. The lowest BCUT2D eigenvalue weighted by atomic mass is 10.4. The first-order valence-electron chi connectivity index (χ1n) is 3.66. The minimum atomic E-state index is -0.847. The number of ether oxygens (including phenoxy) is 1. The van der Waals surface area contributed by atoms with Crippen molar-refractivity contribution in [2.45, 2.75) is 12.8 Å². The number of hydrogen-bond donors (Lipinski definition) is 2. The quantitative estimate of drug-likeness (QED) is 0.425. The molecule has 5 nitrogen and oxygen atoms in total. The molecule has 2 N–H and O–H groups in total. The Labute approximate surface area is 70.7 Å². The second kappa shape index (κ2) is 6.60. The zero-order valence-electron chi connectivity index (χ0n) is 7.00. The molecule has 0 spiro atoms. The van der Waals surface area contributed by atoms with Crippen LogP contribution in [0.2, 0.25) is 0 Å². The standard InChI is InChI=1S/C7H13NO4/c1-12-7(11)3-5-8-4-2-6(9)10/h8H,2-5H2,1H3,(H,9,10). The molecule has 0 aliphatic carbocycles. The van der Waals surface area contributed by atoms with Crippen LogP contribution in [0.25, 0.3) is 0 Å². The first kappa shape index (κ1) is 10.9. The van der Waals surface area contributed by atoms with Gasteiger partial charge in [-0.1, -0.05) is 0 Å². The molecule has 5 heteroatoms. The Morgan fingerprint density at radius 3 is 2.42 bits per heavy atom. The molecule has 0 heterocycles. The van der Waals surface area contributed by atoms with Crippen LogP contribution in [0.5, 0.6) is 0 Å². The highest BCUT2D eigenvalue weighted by Crippen LogP contribution is 1.81. The van der Waals surface area contributed by atoms with E-state index in [1.165, 1.54) is 7.11 Å². The van der Waals surface area contributed by atoms with Gasteiger partial charge in [0, 0.05) is 13.1 Å². The third-order valence-corrected chi connectivity index (χ3v) is 1.25. The van der Waals surface area contributed by atoms with Gasteiger partial charge in [-0.3, -0.25) is 9.59 Å². The zero-order valence-corrected chi connectivity index (χ0v) is 7.00. The van der Waals surface area contributed by atoms with Crippen LogP contribution in [0.1, 0.15) is 12.8 Å². The fraction of sp³-hybridized carbons (Fsp3) is 0.714. The summed E-state index contributed by atoms with van der Waals surface area (Å²) >= 11 is 0. The van der Waals surface area contributed by atoms with Crippen LogP contribution in [0, 0.1) is 0 Å². The van der Waals surface area contributed by atoms with E-state index in [2.05, 4.69) is 10.1 Å². The number of aliphatic carboxylic acids is 1. The minimum Gasteiger partial charge on any atom is -0.481 e. The van der Waals surface area contributed by atoms with Crippen LogP contribution in [0.15, 0.2) is 0 Å². The lowest BCUT2D eigenvalue weighted by Crippen LogP contribution is -2.21. The Kier molecular flexibility index (Phi) is 6.00. The summed E-state index contributed by atoms with van der Waals surface area (Å²) in [6.45, 7) is 0.840. The van der Waals surface area contributed by atoms with E-state index in [0.717, 1.165) is 0 Å². The average Bonchev–Trinajstić information content (AvgIpc) is 2.03. The molecule has 0 amide bonds. The second-order valence-corrected chi connectivity index (χ2v) is 2.22. The molecular weight excluding hydrogens is 162 g/mol. The Hall–Kier alpha value is -1.10. The molecule has 0 aromatic carbocycles. The van der Waals surface area contributed by atoms with Crippen LogP contribution in [0.3, 0.4) is 0 Å². The number of carbonyl (C=O) groups is 2. The molecule has 0 aliphatic heterocycles. The van der Waals surface area contributed by atoms with Crippen LogP contribution in [0.4, 0.5) is 0 Å². The summed E-state index contributed by atoms with van der Waals surface area (Å²) in [5.41, 5.74) is 0. The molecule has 0 saturated carbocycles. The number of nitrogens with one attached hydrogen (secondary N) is 1. The molecule has 0 aromatic heterocycles. The topological polar surface area (TPSA) is 75.6 Å². The highest BCUT2D eigenvalue weighted by atomic mass is 16.5. The van der Waals surface area contributed by atoms with Crippen LogP contribution in [-0.2, 0) is 14.3 Å². The molecule has 0 atom stereocenters. The van der Waals surface area contributed by atoms with Gasteiger partial charge >= 0.3 is 11.9 Å². The van der Waals surface area contributed by atoms with E-state index in [1.54, 1.807) is 0 Å². The Morgan fingerprint density at radius 2 is 1.92 bits per heavy atom. The second-order valence-electron chi connectivity index (χ2n) is 2.22. The van der Waals surface area contributed by atoms with Gasteiger partial charge in [-0.25, -0.2) is 0 Å². The number of carbonyl (C=O) groups excluding carboxylic acids is 1. The number of rotatable bonds is 6. The number of carboxylic acids is 1. The van der Waals surface area contributed by atoms with Gasteiger partial charge < -0.3 is 15.2 Å². The van der Waals surface area contributed by atoms with Crippen molar-refractivity contribution in [3.8, 4) is 0 Å². The van der Waals surface area contributed by atoms with Gasteiger partial charge in [0.1, 0.15) is 0 Å². The Balaban J connectivity index is 3.11. The van der Waals surface area contributed by atoms with E-state index >= 15 is 0 Å². The summed E-state index contributed by atoms with van der Waals surface area (Å²) in [6.07, 6.45) is 0.345. The SMILES string of the molecule is COC(=O)CCNCCC(=O)O. The third kappa shape index (κ3) is 7.01. The van der Waals surface area contributed by atoms with E-state index in [4.69, 9.17) is 5.11 Å². The van der Waals surface area contributed by atoms with E-state index in [-0.39, 0.29) is 18.8 Å². The normalized spacial score (nSPS) is 9.42. The molecular formula is C7H13NO4. The van der Waals surface area contributed by atoms with Crippen molar-refractivity contribution in [1.82, 2.24) is 5.32 Å². The lowest BCUT2D eigenvalue weighted by Gasteiger charge is -2.00. The number of esters is 1. The first-order valence-corrected chi connectivity index (χ1v) is 3.66. The summed E-state index contributed by atoms with van der Waals surface area (Å²) in [6, 6.07) is 0. The zero-order chi connectivity index (χ0) is 9.40. The van der Waals surface area contributed by atoms with Crippen LogP contribution >= 0.6 is 0 Å². The van der Waals surface area contributed by atoms with Crippen molar-refractivity contribution in [3.63, 3.8) is 0 Å². The summed E-state index contributed by atoms with van der Waals surface area (Å²) < 4.78 is 4.38. The molecule has 0 rings (SSSR count). The molecule has 0 fully saturated rings. The van der Waals surface area contributed by atoms with Crippen molar-refractivity contribution in [2.24, 2.45) is 0 Å². The van der Waals surface area contributed by atoms with Crippen molar-refractivity contribution in [2.75, 3.05) is 20.2 Å². The van der Waals surface area contributed by atoms with Crippen molar-refractivity contribution in [3.05, 3.63) is 0 Å². The lowest BCUT2D eigenvalue weighted by molar-refractivity contribution is -0.140. The van der Waals surface area contributed by atoms with Crippen LogP contribution in [-0.4, -0.2) is 37.2 Å². The monoisotopic (exact) mass is 175 g/mol. The molecule has 12 heavy (non-hydrogen) atoms. The maximum Gasteiger partial charge on any atom is 0.306 e. The molecule has 70 valence electrons. The smallest absolute Gasteiger partial charge is 0.306 e. The van der Waals surface area contributed by atoms with Gasteiger partial charge in [0.25, 0.3) is 0 Å². The molecule has 0 saturated heterocycles. The number of carboxylic acid groups (broad SMARTS) is 1. The Morgan fingerprint density at radius 1 is 1.33 bits per heavy atom. The summed E-state index contributed by atoms with van der Waals surface area (Å²) in [5.74, 6) is -1.14. The highest BCUT2D eigenvalue weighted by Gasteiger charge is 1.99. The number of hydrogen-bond acceptors (Lipinski definition) is 4. The van der Waals surface area contributed by atoms with Gasteiger partial charge in [-0.15, -0.1) is 0 Å². The van der Waals surface area contributed by atoms with Gasteiger partial charge in [-0.05, 0) is 0 Å². The van der Waals surface area contributed by atoms with E-state index in [9.17, 15) is 9.59 Å². The first-order chi connectivity index (χ1) is 5.66. The predicted octanol–water partition coefficient (Wildman–Crippen LogP) is -0.386. The fourth-order valence-corrected chi connectivity index (χ4v) is 0.613.